The standard InChI is InChI=1S/C10H18O/c1-2-3-4-7-10(8-11-10)9-5-6-9/h9H,2-8H2,1H3. The molecule has 1 aliphatic heterocycles. The molecule has 2 fully saturated rings. The number of epoxide rings is 1. The summed E-state index contributed by atoms with van der Waals surface area (Å²) in [5.41, 5.74) is 0.412. The van der Waals surface area contributed by atoms with Gasteiger partial charge in [-0.2, -0.15) is 0 Å². The Labute approximate surface area is 69.1 Å². The largest absolute Gasteiger partial charge is 0.369 e. The third-order valence-electron chi connectivity index (χ3n) is 3.04. The van der Waals surface area contributed by atoms with E-state index in [-0.39, 0.29) is 0 Å². The van der Waals surface area contributed by atoms with E-state index in [0.717, 1.165) is 12.5 Å². The molecular formula is C10H18O. The molecule has 1 atom stereocenters. The molecule has 0 aromatic rings. The van der Waals surface area contributed by atoms with Gasteiger partial charge in [0.1, 0.15) is 0 Å². The monoisotopic (exact) mass is 154 g/mol. The second-order valence-electron chi connectivity index (χ2n) is 4.08. The summed E-state index contributed by atoms with van der Waals surface area (Å²) in [5, 5.41) is 0. The Balaban J connectivity index is 1.68. The van der Waals surface area contributed by atoms with Crippen LogP contribution in [0.15, 0.2) is 0 Å². The fourth-order valence-corrected chi connectivity index (χ4v) is 1.96. The van der Waals surface area contributed by atoms with Gasteiger partial charge >= 0.3 is 0 Å². The lowest BCUT2D eigenvalue weighted by Gasteiger charge is -2.08. The van der Waals surface area contributed by atoms with Crippen molar-refractivity contribution >= 4 is 0 Å². The SMILES string of the molecule is CCCCCC1(C2CC2)CO1. The summed E-state index contributed by atoms with van der Waals surface area (Å²) in [6, 6.07) is 0. The molecule has 0 aromatic heterocycles. The zero-order chi connectivity index (χ0) is 7.73. The van der Waals surface area contributed by atoms with Crippen LogP contribution in [0.2, 0.25) is 0 Å². The number of ether oxygens (including phenoxy) is 1. The minimum atomic E-state index is 0.412. The maximum atomic E-state index is 5.57. The Bertz CT molecular complexity index is 134. The zero-order valence-electron chi connectivity index (χ0n) is 7.44. The van der Waals surface area contributed by atoms with Gasteiger partial charge in [-0.3, -0.25) is 0 Å². The summed E-state index contributed by atoms with van der Waals surface area (Å²) in [6.45, 7) is 3.33. The summed E-state index contributed by atoms with van der Waals surface area (Å²) in [5.74, 6) is 0.958. The molecule has 1 unspecified atom stereocenters. The third kappa shape index (κ3) is 1.58. The van der Waals surface area contributed by atoms with Gasteiger partial charge in [0, 0.05) is 0 Å². The van der Waals surface area contributed by atoms with Crippen LogP contribution in [-0.4, -0.2) is 12.2 Å². The van der Waals surface area contributed by atoms with Gasteiger partial charge in [-0.15, -0.1) is 0 Å². The Morgan fingerprint density at radius 1 is 1.36 bits per heavy atom. The van der Waals surface area contributed by atoms with Crippen molar-refractivity contribution in [3.05, 3.63) is 0 Å². The van der Waals surface area contributed by atoms with Gasteiger partial charge in [0.15, 0.2) is 0 Å². The molecule has 1 heteroatoms. The highest BCUT2D eigenvalue weighted by atomic mass is 16.6. The van der Waals surface area contributed by atoms with Crippen LogP contribution < -0.4 is 0 Å². The fraction of sp³-hybridized carbons (Fsp3) is 1.00. The normalized spacial score (nSPS) is 35.7. The van der Waals surface area contributed by atoms with Gasteiger partial charge < -0.3 is 4.74 Å². The van der Waals surface area contributed by atoms with E-state index in [1.54, 1.807) is 0 Å². The van der Waals surface area contributed by atoms with E-state index in [1.807, 2.05) is 0 Å². The van der Waals surface area contributed by atoms with Gasteiger partial charge in [0.2, 0.25) is 0 Å². The molecular weight excluding hydrogens is 136 g/mol. The highest BCUT2D eigenvalue weighted by Crippen LogP contribution is 2.52. The maximum absolute atomic E-state index is 5.57. The third-order valence-corrected chi connectivity index (χ3v) is 3.04. The van der Waals surface area contributed by atoms with E-state index in [0.29, 0.717) is 5.60 Å². The first-order valence-corrected chi connectivity index (χ1v) is 5.01. The summed E-state index contributed by atoms with van der Waals surface area (Å²) in [7, 11) is 0. The van der Waals surface area contributed by atoms with Crippen molar-refractivity contribution in [1.82, 2.24) is 0 Å². The average molecular weight is 154 g/mol. The predicted octanol–water partition coefficient (Wildman–Crippen LogP) is 2.75. The molecule has 0 radical (unpaired) electrons. The highest BCUT2D eigenvalue weighted by Gasteiger charge is 2.55. The lowest BCUT2D eigenvalue weighted by molar-refractivity contribution is 0.253. The van der Waals surface area contributed by atoms with E-state index in [4.69, 9.17) is 4.74 Å². The highest BCUT2D eigenvalue weighted by molar-refractivity contribution is 5.03. The molecule has 1 saturated carbocycles. The Morgan fingerprint density at radius 3 is 2.55 bits per heavy atom. The van der Waals surface area contributed by atoms with Crippen LogP contribution >= 0.6 is 0 Å². The molecule has 0 amide bonds. The van der Waals surface area contributed by atoms with E-state index >= 15 is 0 Å². The minimum Gasteiger partial charge on any atom is -0.369 e. The van der Waals surface area contributed by atoms with E-state index in [9.17, 15) is 0 Å². The Kier molecular flexibility index (Phi) is 1.92. The molecule has 0 bridgehead atoms. The Hall–Kier alpha value is -0.0400. The number of hydrogen-bond donors (Lipinski definition) is 0. The second-order valence-corrected chi connectivity index (χ2v) is 4.08. The van der Waals surface area contributed by atoms with Gasteiger partial charge in [0.05, 0.1) is 12.2 Å². The van der Waals surface area contributed by atoms with Gasteiger partial charge in [-0.1, -0.05) is 26.2 Å². The lowest BCUT2D eigenvalue weighted by atomic mass is 9.97. The fourth-order valence-electron chi connectivity index (χ4n) is 1.96. The maximum Gasteiger partial charge on any atom is 0.0944 e. The first kappa shape index (κ1) is 7.60. The van der Waals surface area contributed by atoms with Crippen LogP contribution in [0.25, 0.3) is 0 Å². The molecule has 1 saturated heterocycles. The van der Waals surface area contributed by atoms with Crippen LogP contribution in [0.3, 0.4) is 0 Å². The minimum absolute atomic E-state index is 0.412. The van der Waals surface area contributed by atoms with Crippen LogP contribution in [0.1, 0.15) is 45.4 Å². The molecule has 64 valence electrons. The van der Waals surface area contributed by atoms with E-state index < -0.39 is 0 Å². The van der Waals surface area contributed by atoms with E-state index in [2.05, 4.69) is 6.92 Å². The summed E-state index contributed by atoms with van der Waals surface area (Å²) in [4.78, 5) is 0. The van der Waals surface area contributed by atoms with Gasteiger partial charge in [-0.05, 0) is 25.2 Å². The topological polar surface area (TPSA) is 12.5 Å². The quantitative estimate of drug-likeness (QED) is 0.438. The molecule has 1 heterocycles. The van der Waals surface area contributed by atoms with E-state index in [1.165, 1.54) is 38.5 Å². The first-order valence-electron chi connectivity index (χ1n) is 5.01. The number of rotatable bonds is 5. The van der Waals surface area contributed by atoms with Crippen LogP contribution in [0.5, 0.6) is 0 Å². The summed E-state index contributed by atoms with van der Waals surface area (Å²) >= 11 is 0. The van der Waals surface area contributed by atoms with Crippen molar-refractivity contribution in [3.63, 3.8) is 0 Å². The van der Waals surface area contributed by atoms with Crippen LogP contribution in [0.4, 0.5) is 0 Å². The van der Waals surface area contributed by atoms with Crippen molar-refractivity contribution in [2.24, 2.45) is 5.92 Å². The van der Waals surface area contributed by atoms with Gasteiger partial charge in [0.25, 0.3) is 0 Å². The smallest absolute Gasteiger partial charge is 0.0944 e. The summed E-state index contributed by atoms with van der Waals surface area (Å²) < 4.78 is 5.57. The van der Waals surface area contributed by atoms with Crippen molar-refractivity contribution in [1.29, 1.82) is 0 Å². The molecule has 11 heavy (non-hydrogen) atoms. The van der Waals surface area contributed by atoms with Crippen LogP contribution in [-0.2, 0) is 4.74 Å². The molecule has 2 aliphatic rings. The average Bonchev–Trinajstić information content (AvgIpc) is 2.84. The van der Waals surface area contributed by atoms with Crippen LogP contribution in [0, 0.1) is 5.92 Å². The number of hydrogen-bond acceptors (Lipinski definition) is 1. The Morgan fingerprint density at radius 2 is 2.09 bits per heavy atom. The molecule has 0 spiro atoms. The predicted molar refractivity (Wildman–Crippen MR) is 45.5 cm³/mol. The lowest BCUT2D eigenvalue weighted by Crippen LogP contribution is -2.13. The van der Waals surface area contributed by atoms with Crippen molar-refractivity contribution < 1.29 is 4.74 Å². The van der Waals surface area contributed by atoms with Crippen molar-refractivity contribution in [2.75, 3.05) is 6.61 Å². The van der Waals surface area contributed by atoms with Crippen molar-refractivity contribution in [3.8, 4) is 0 Å². The molecule has 1 aliphatic carbocycles. The number of unbranched alkanes of at least 4 members (excludes halogenated alkanes) is 2. The summed E-state index contributed by atoms with van der Waals surface area (Å²) in [6.07, 6.45) is 8.31. The molecule has 2 rings (SSSR count). The molecule has 0 N–H and O–H groups in total. The first-order chi connectivity index (χ1) is 5.37. The zero-order valence-corrected chi connectivity index (χ0v) is 7.44. The second kappa shape index (κ2) is 2.78. The molecule has 0 aromatic carbocycles. The van der Waals surface area contributed by atoms with Crippen molar-refractivity contribution in [2.45, 2.75) is 51.0 Å². The van der Waals surface area contributed by atoms with Gasteiger partial charge in [-0.25, -0.2) is 0 Å². The molecule has 1 nitrogen and oxygen atoms in total.